The molecule has 2 rings (SSSR count). The monoisotopic (exact) mass is 323 g/mol. The summed E-state index contributed by atoms with van der Waals surface area (Å²) < 4.78 is 45.3. The quantitative estimate of drug-likeness (QED) is 0.878. The van der Waals surface area contributed by atoms with E-state index in [1.165, 1.54) is 36.4 Å². The number of aryl methyl sites for hydroxylation is 1. The summed E-state index contributed by atoms with van der Waals surface area (Å²) in [5, 5.41) is 0. The van der Waals surface area contributed by atoms with Gasteiger partial charge in [0.25, 0.3) is 10.0 Å². The van der Waals surface area contributed by atoms with Crippen LogP contribution in [0.1, 0.15) is 15.9 Å². The zero-order valence-corrected chi connectivity index (χ0v) is 12.8. The molecule has 0 saturated heterocycles. The molecule has 0 aliphatic carbocycles. The molecule has 2 aromatic rings. The summed E-state index contributed by atoms with van der Waals surface area (Å²) in [5.74, 6) is -1.48. The standard InChI is InChI=1S/C15H14FNO4S/c1-10-7-8-13(12(16)9-10)17-22(19,20)14-6-4-3-5-11(14)15(18)21-2/h3-9,17H,1-2H3. The highest BCUT2D eigenvalue weighted by atomic mass is 32.2. The molecule has 0 aromatic heterocycles. The average Bonchev–Trinajstić information content (AvgIpc) is 2.49. The van der Waals surface area contributed by atoms with Crippen molar-refractivity contribution in [2.75, 3.05) is 11.8 Å². The molecule has 0 aliphatic rings. The van der Waals surface area contributed by atoms with Crippen molar-refractivity contribution in [2.45, 2.75) is 11.8 Å². The summed E-state index contributed by atoms with van der Waals surface area (Å²) in [6.07, 6.45) is 0. The van der Waals surface area contributed by atoms with Crippen molar-refractivity contribution < 1.29 is 22.3 Å². The van der Waals surface area contributed by atoms with Gasteiger partial charge in [-0.3, -0.25) is 4.72 Å². The largest absolute Gasteiger partial charge is 0.465 e. The van der Waals surface area contributed by atoms with E-state index in [9.17, 15) is 17.6 Å². The SMILES string of the molecule is COC(=O)c1ccccc1S(=O)(=O)Nc1ccc(C)cc1F. The van der Waals surface area contributed by atoms with Gasteiger partial charge < -0.3 is 4.74 Å². The number of esters is 1. The number of hydrogen-bond donors (Lipinski definition) is 1. The minimum atomic E-state index is -4.13. The Kier molecular flexibility index (Phi) is 4.46. The molecule has 1 N–H and O–H groups in total. The predicted molar refractivity (Wildman–Crippen MR) is 79.7 cm³/mol. The lowest BCUT2D eigenvalue weighted by molar-refractivity contribution is 0.0596. The number of ether oxygens (including phenoxy) is 1. The van der Waals surface area contributed by atoms with E-state index in [1.807, 2.05) is 0 Å². The Morgan fingerprint density at radius 1 is 1.18 bits per heavy atom. The fraction of sp³-hybridized carbons (Fsp3) is 0.133. The van der Waals surface area contributed by atoms with E-state index in [0.717, 1.165) is 7.11 Å². The van der Waals surface area contributed by atoms with Crippen LogP contribution < -0.4 is 4.72 Å². The molecule has 0 spiro atoms. The van der Waals surface area contributed by atoms with Gasteiger partial charge in [-0.1, -0.05) is 18.2 Å². The summed E-state index contributed by atoms with van der Waals surface area (Å²) in [7, 11) is -2.97. The Labute approximate surface area is 127 Å². The number of rotatable bonds is 4. The van der Waals surface area contributed by atoms with E-state index in [-0.39, 0.29) is 16.1 Å². The van der Waals surface area contributed by atoms with Crippen molar-refractivity contribution in [1.82, 2.24) is 0 Å². The van der Waals surface area contributed by atoms with Crippen LogP contribution in [0, 0.1) is 12.7 Å². The molecule has 0 atom stereocenters. The second-order valence-electron chi connectivity index (χ2n) is 4.58. The lowest BCUT2D eigenvalue weighted by atomic mass is 10.2. The molecule has 0 amide bonds. The van der Waals surface area contributed by atoms with E-state index in [0.29, 0.717) is 5.56 Å². The number of carbonyl (C=O) groups excluding carboxylic acids is 1. The molecular weight excluding hydrogens is 309 g/mol. The zero-order valence-electron chi connectivity index (χ0n) is 12.0. The van der Waals surface area contributed by atoms with Crippen LogP contribution >= 0.6 is 0 Å². The molecular formula is C15H14FNO4S. The molecule has 0 saturated carbocycles. The zero-order chi connectivity index (χ0) is 16.3. The molecule has 0 bridgehead atoms. The molecule has 0 unspecified atom stereocenters. The molecule has 0 heterocycles. The first kappa shape index (κ1) is 16.0. The predicted octanol–water partition coefficient (Wildman–Crippen LogP) is 2.72. The summed E-state index contributed by atoms with van der Waals surface area (Å²) in [6.45, 7) is 1.69. The molecule has 22 heavy (non-hydrogen) atoms. The average molecular weight is 323 g/mol. The smallest absolute Gasteiger partial charge is 0.339 e. The van der Waals surface area contributed by atoms with Crippen LogP contribution in [-0.4, -0.2) is 21.5 Å². The Morgan fingerprint density at radius 3 is 2.50 bits per heavy atom. The number of carbonyl (C=O) groups is 1. The van der Waals surface area contributed by atoms with Crippen LogP contribution in [0.25, 0.3) is 0 Å². The van der Waals surface area contributed by atoms with Gasteiger partial charge in [0, 0.05) is 0 Å². The van der Waals surface area contributed by atoms with Crippen LogP contribution in [0.2, 0.25) is 0 Å². The number of methoxy groups -OCH3 is 1. The van der Waals surface area contributed by atoms with Gasteiger partial charge in [0.05, 0.1) is 18.4 Å². The molecule has 0 fully saturated rings. The highest BCUT2D eigenvalue weighted by Crippen LogP contribution is 2.22. The van der Waals surface area contributed by atoms with E-state index in [4.69, 9.17) is 0 Å². The van der Waals surface area contributed by atoms with Crippen LogP contribution in [0.3, 0.4) is 0 Å². The van der Waals surface area contributed by atoms with Crippen LogP contribution in [0.15, 0.2) is 47.4 Å². The molecule has 116 valence electrons. The van der Waals surface area contributed by atoms with Gasteiger partial charge in [0.15, 0.2) is 0 Å². The van der Waals surface area contributed by atoms with Gasteiger partial charge in [0.2, 0.25) is 0 Å². The maximum absolute atomic E-state index is 13.8. The minimum absolute atomic E-state index is 0.120. The molecule has 2 aromatic carbocycles. The number of hydrogen-bond acceptors (Lipinski definition) is 4. The third-order valence-electron chi connectivity index (χ3n) is 2.95. The van der Waals surface area contributed by atoms with Crippen molar-refractivity contribution in [2.24, 2.45) is 0 Å². The summed E-state index contributed by atoms with van der Waals surface area (Å²) in [5.41, 5.74) is 0.352. The van der Waals surface area contributed by atoms with E-state index < -0.39 is 21.8 Å². The first-order valence-corrected chi connectivity index (χ1v) is 7.80. The van der Waals surface area contributed by atoms with Crippen molar-refractivity contribution in [3.8, 4) is 0 Å². The number of halogens is 1. The normalized spacial score (nSPS) is 11.0. The van der Waals surface area contributed by atoms with Crippen LogP contribution in [0.5, 0.6) is 0 Å². The Hall–Kier alpha value is -2.41. The third kappa shape index (κ3) is 3.25. The van der Waals surface area contributed by atoms with Gasteiger partial charge in [-0.15, -0.1) is 0 Å². The topological polar surface area (TPSA) is 72.5 Å². The van der Waals surface area contributed by atoms with Gasteiger partial charge in [-0.25, -0.2) is 17.6 Å². The van der Waals surface area contributed by atoms with Crippen molar-refractivity contribution >= 4 is 21.7 Å². The van der Waals surface area contributed by atoms with Gasteiger partial charge in [-0.05, 0) is 36.8 Å². The lowest BCUT2D eigenvalue weighted by Gasteiger charge is -2.12. The Balaban J connectivity index is 2.45. The van der Waals surface area contributed by atoms with Crippen molar-refractivity contribution in [3.05, 3.63) is 59.4 Å². The van der Waals surface area contributed by atoms with Crippen molar-refractivity contribution in [3.63, 3.8) is 0 Å². The van der Waals surface area contributed by atoms with Crippen LogP contribution in [-0.2, 0) is 14.8 Å². The summed E-state index contributed by atoms with van der Waals surface area (Å²) in [6, 6.07) is 9.66. The van der Waals surface area contributed by atoms with Gasteiger partial charge >= 0.3 is 5.97 Å². The molecule has 7 heteroatoms. The maximum Gasteiger partial charge on any atom is 0.339 e. The number of benzene rings is 2. The number of sulfonamides is 1. The number of anilines is 1. The summed E-state index contributed by atoms with van der Waals surface area (Å²) in [4.78, 5) is 11.4. The summed E-state index contributed by atoms with van der Waals surface area (Å²) >= 11 is 0. The lowest BCUT2D eigenvalue weighted by Crippen LogP contribution is -2.18. The molecule has 0 radical (unpaired) electrons. The third-order valence-corrected chi connectivity index (χ3v) is 4.37. The molecule has 0 aliphatic heterocycles. The van der Waals surface area contributed by atoms with E-state index >= 15 is 0 Å². The highest BCUT2D eigenvalue weighted by molar-refractivity contribution is 7.92. The second kappa shape index (κ2) is 6.15. The van der Waals surface area contributed by atoms with Crippen LogP contribution in [0.4, 0.5) is 10.1 Å². The molecule has 5 nitrogen and oxygen atoms in total. The fourth-order valence-corrected chi connectivity index (χ4v) is 3.15. The van der Waals surface area contributed by atoms with Gasteiger partial charge in [0.1, 0.15) is 10.7 Å². The first-order valence-electron chi connectivity index (χ1n) is 6.31. The Morgan fingerprint density at radius 2 is 1.86 bits per heavy atom. The van der Waals surface area contributed by atoms with E-state index in [1.54, 1.807) is 13.0 Å². The Bertz CT molecular complexity index is 818. The maximum atomic E-state index is 13.8. The first-order chi connectivity index (χ1) is 10.3. The minimum Gasteiger partial charge on any atom is -0.465 e. The number of nitrogens with one attached hydrogen (secondary N) is 1. The second-order valence-corrected chi connectivity index (χ2v) is 6.23. The van der Waals surface area contributed by atoms with E-state index in [2.05, 4.69) is 9.46 Å². The van der Waals surface area contributed by atoms with Gasteiger partial charge in [-0.2, -0.15) is 0 Å². The van der Waals surface area contributed by atoms with Crippen molar-refractivity contribution in [1.29, 1.82) is 0 Å². The highest BCUT2D eigenvalue weighted by Gasteiger charge is 2.23. The fourth-order valence-electron chi connectivity index (χ4n) is 1.88.